The van der Waals surface area contributed by atoms with E-state index in [1.165, 1.54) is 0 Å². The number of ether oxygens (including phenoxy) is 1. The van der Waals surface area contributed by atoms with Gasteiger partial charge in [-0.05, 0) is 24.9 Å². The van der Waals surface area contributed by atoms with E-state index in [4.69, 9.17) is 9.29 Å². The third-order valence-electron chi connectivity index (χ3n) is 3.68. The Morgan fingerprint density at radius 1 is 1.22 bits per heavy atom. The van der Waals surface area contributed by atoms with Gasteiger partial charge in [-0.3, -0.25) is 4.55 Å². The molecule has 6 atom stereocenters. The van der Waals surface area contributed by atoms with E-state index in [9.17, 15) is 34.0 Å². The molecule has 0 bridgehead atoms. The van der Waals surface area contributed by atoms with Gasteiger partial charge in [0.15, 0.2) is 0 Å². The predicted octanol–water partition coefficient (Wildman–Crippen LogP) is -1.45. The normalized spacial score (nSPS) is 30.9. The van der Waals surface area contributed by atoms with Gasteiger partial charge in [0.2, 0.25) is 0 Å². The van der Waals surface area contributed by atoms with Crippen LogP contribution in [0.5, 0.6) is 0 Å². The quantitative estimate of drug-likeness (QED) is 0.0983. The van der Waals surface area contributed by atoms with Gasteiger partial charge in [0.25, 0.3) is 0 Å². The molecule has 0 aromatic rings. The zero-order valence-electron chi connectivity index (χ0n) is 14.5. The van der Waals surface area contributed by atoms with Crippen molar-refractivity contribution in [3.63, 3.8) is 0 Å². The average Bonchev–Trinajstić information content (AvgIpc) is 2.61. The van der Waals surface area contributed by atoms with Crippen molar-refractivity contribution in [1.29, 1.82) is 0 Å². The number of hydrogen-bond donors (Lipinski definition) is 6. The fourth-order valence-corrected chi connectivity index (χ4v) is 4.02. The second-order valence-electron chi connectivity index (χ2n) is 5.78. The van der Waals surface area contributed by atoms with E-state index in [1.54, 1.807) is 11.8 Å². The Morgan fingerprint density at radius 3 is 2.44 bits per heavy atom. The van der Waals surface area contributed by atoms with Crippen LogP contribution in [0.4, 0.5) is 0 Å². The van der Waals surface area contributed by atoms with E-state index in [1.807, 2.05) is 6.26 Å². The smallest absolute Gasteiger partial charge is 0.394 e. The molecule has 160 valence electrons. The van der Waals surface area contributed by atoms with Crippen LogP contribution in [0.3, 0.4) is 0 Å². The van der Waals surface area contributed by atoms with E-state index in [0.29, 0.717) is 18.2 Å². The zero-order valence-corrected chi connectivity index (χ0v) is 16.9. The molecule has 14 heteroatoms. The summed E-state index contributed by atoms with van der Waals surface area (Å²) >= 11 is 2.23. The number of rotatable bonds is 10. The second-order valence-corrected chi connectivity index (χ2v) is 8.94. The number of aliphatic hydroxyl groups is 5. The Morgan fingerprint density at radius 2 is 1.89 bits per heavy atom. The minimum atomic E-state index is -4.86. The number of aliphatic hydroxyl groups excluding tert-OH is 5. The first-order valence-corrected chi connectivity index (χ1v) is 11.6. The van der Waals surface area contributed by atoms with E-state index in [0.717, 1.165) is 5.75 Å². The van der Waals surface area contributed by atoms with E-state index < -0.39 is 53.0 Å². The van der Waals surface area contributed by atoms with Gasteiger partial charge < -0.3 is 30.3 Å². The summed E-state index contributed by atoms with van der Waals surface area (Å²) in [7, 11) is -4.86. The predicted molar refractivity (Wildman–Crippen MR) is 99.7 cm³/mol. The molecule has 6 N–H and O–H groups in total. The van der Waals surface area contributed by atoms with Gasteiger partial charge in [-0.1, -0.05) is 16.9 Å². The monoisotopic (exact) mass is 451 g/mol. The number of nitrogens with zero attached hydrogens (tertiary/aromatic N) is 1. The fraction of sp³-hybridized carbons (Fsp3) is 0.923. The van der Waals surface area contributed by atoms with Crippen molar-refractivity contribution in [1.82, 2.24) is 0 Å². The molecule has 0 aliphatic carbocycles. The maximum atomic E-state index is 10.7. The molecule has 11 nitrogen and oxygen atoms in total. The van der Waals surface area contributed by atoms with Crippen molar-refractivity contribution >= 4 is 39.0 Å². The molecule has 0 spiro atoms. The molecule has 6 unspecified atom stereocenters. The third-order valence-corrected chi connectivity index (χ3v) is 5.76. The fourth-order valence-electron chi connectivity index (χ4n) is 2.20. The van der Waals surface area contributed by atoms with Crippen molar-refractivity contribution in [2.75, 3.05) is 18.6 Å². The summed E-state index contributed by atoms with van der Waals surface area (Å²) < 4.78 is 39.5. The maximum Gasteiger partial charge on any atom is 0.466 e. The maximum absolute atomic E-state index is 10.7. The van der Waals surface area contributed by atoms with Crippen molar-refractivity contribution in [2.24, 2.45) is 5.16 Å². The van der Waals surface area contributed by atoms with Crippen LogP contribution in [0.2, 0.25) is 0 Å². The molecular weight excluding hydrogens is 426 g/mol. The van der Waals surface area contributed by atoms with Crippen LogP contribution in [0.15, 0.2) is 5.16 Å². The van der Waals surface area contributed by atoms with Gasteiger partial charge in [-0.15, -0.1) is 0 Å². The lowest BCUT2D eigenvalue weighted by molar-refractivity contribution is -0.205. The molecule has 0 radical (unpaired) electrons. The van der Waals surface area contributed by atoms with Gasteiger partial charge in [-0.2, -0.15) is 20.2 Å². The SMILES string of the molecule is CSCCC(O)CCC(=NOS(=O)(=O)O)SC1OC(CO)C(O)C(O)C1O. The van der Waals surface area contributed by atoms with Crippen LogP contribution in [0.25, 0.3) is 0 Å². The lowest BCUT2D eigenvalue weighted by Gasteiger charge is -2.39. The lowest BCUT2D eigenvalue weighted by atomic mass is 10.0. The van der Waals surface area contributed by atoms with E-state index in [-0.39, 0.29) is 17.9 Å². The summed E-state index contributed by atoms with van der Waals surface area (Å²) in [5.74, 6) is 0.717. The zero-order chi connectivity index (χ0) is 20.6. The first kappa shape index (κ1) is 24.9. The molecule has 0 aromatic carbocycles. The highest BCUT2D eigenvalue weighted by atomic mass is 32.3. The highest BCUT2D eigenvalue weighted by Crippen LogP contribution is 2.30. The summed E-state index contributed by atoms with van der Waals surface area (Å²) in [6.45, 7) is -0.622. The Kier molecular flexibility index (Phi) is 10.8. The summed E-state index contributed by atoms with van der Waals surface area (Å²) in [6, 6.07) is 0. The first-order chi connectivity index (χ1) is 12.6. The van der Waals surface area contributed by atoms with Crippen LogP contribution in [-0.2, 0) is 19.4 Å². The topological polar surface area (TPSA) is 186 Å². The van der Waals surface area contributed by atoms with Gasteiger partial charge in [-0.25, -0.2) is 4.28 Å². The third kappa shape index (κ3) is 8.81. The second kappa shape index (κ2) is 11.7. The average molecular weight is 452 g/mol. The van der Waals surface area contributed by atoms with Gasteiger partial charge >= 0.3 is 10.4 Å². The standard InChI is InChI=1S/C13H25NO10S3/c1-25-5-4-7(16)2-3-9(14-24-27(20,21)22)26-13-12(19)11(18)10(17)8(6-15)23-13/h7-8,10-13,15-19H,2-6H2,1H3,(H,20,21,22). The number of thioether (sulfide) groups is 2. The highest BCUT2D eigenvalue weighted by molar-refractivity contribution is 8.14. The van der Waals surface area contributed by atoms with E-state index in [2.05, 4.69) is 9.44 Å². The van der Waals surface area contributed by atoms with E-state index >= 15 is 0 Å². The van der Waals surface area contributed by atoms with Crippen LogP contribution in [0, 0.1) is 0 Å². The molecule has 0 aromatic heterocycles. The Labute approximate surface area is 165 Å². The van der Waals surface area contributed by atoms with Gasteiger partial charge in [0.1, 0.15) is 34.9 Å². The Balaban J connectivity index is 2.82. The minimum Gasteiger partial charge on any atom is -0.394 e. The molecule has 0 saturated carbocycles. The summed E-state index contributed by atoms with van der Waals surface area (Å²) in [4.78, 5) is 0. The summed E-state index contributed by atoms with van der Waals surface area (Å²) in [6.07, 6.45) is -3.93. The lowest BCUT2D eigenvalue weighted by Crippen LogP contribution is -2.57. The Bertz CT molecular complexity index is 573. The first-order valence-electron chi connectivity index (χ1n) is 7.96. The number of oxime groups is 1. The van der Waals surface area contributed by atoms with Crippen LogP contribution >= 0.6 is 23.5 Å². The Hall–Kier alpha value is -0.160. The summed E-state index contributed by atoms with van der Waals surface area (Å²) in [5, 5.41) is 52.0. The molecule has 1 fully saturated rings. The van der Waals surface area contributed by atoms with Crippen molar-refractivity contribution < 1.29 is 47.5 Å². The highest BCUT2D eigenvalue weighted by Gasteiger charge is 2.44. The molecule has 27 heavy (non-hydrogen) atoms. The largest absolute Gasteiger partial charge is 0.466 e. The minimum absolute atomic E-state index is 0.0325. The van der Waals surface area contributed by atoms with Crippen molar-refractivity contribution in [3.05, 3.63) is 0 Å². The molecule has 0 amide bonds. The summed E-state index contributed by atoms with van der Waals surface area (Å²) in [5.41, 5.74) is -1.20. The molecule has 1 aliphatic heterocycles. The van der Waals surface area contributed by atoms with Crippen molar-refractivity contribution in [2.45, 2.75) is 55.2 Å². The molecule has 1 aliphatic rings. The van der Waals surface area contributed by atoms with Gasteiger partial charge in [0.05, 0.1) is 12.7 Å². The van der Waals surface area contributed by atoms with Gasteiger partial charge in [0, 0.05) is 6.42 Å². The molecule has 1 rings (SSSR count). The van der Waals surface area contributed by atoms with Crippen molar-refractivity contribution in [3.8, 4) is 0 Å². The van der Waals surface area contributed by atoms with Crippen LogP contribution in [-0.4, -0.2) is 98.1 Å². The molecule has 1 heterocycles. The van der Waals surface area contributed by atoms with Crippen LogP contribution in [0.1, 0.15) is 19.3 Å². The molecule has 1 saturated heterocycles. The number of hydrogen-bond acceptors (Lipinski definition) is 12. The molecular formula is C13H25NO10S3. The van der Waals surface area contributed by atoms with Crippen LogP contribution < -0.4 is 0 Å².